The van der Waals surface area contributed by atoms with Gasteiger partial charge in [-0.25, -0.2) is 4.79 Å². The van der Waals surface area contributed by atoms with Crippen LogP contribution >= 0.6 is 0 Å². The van der Waals surface area contributed by atoms with Crippen LogP contribution in [0.5, 0.6) is 5.75 Å². The van der Waals surface area contributed by atoms with Crippen molar-refractivity contribution in [1.29, 1.82) is 0 Å². The van der Waals surface area contributed by atoms with Crippen LogP contribution < -0.4 is 15.7 Å². The smallest absolute Gasteiger partial charge is 0.349 e. The Balaban J connectivity index is 1.88. The zero-order valence-electron chi connectivity index (χ0n) is 15.1. The van der Waals surface area contributed by atoms with Crippen LogP contribution in [0.3, 0.4) is 0 Å². The molecule has 6 heteroatoms. The van der Waals surface area contributed by atoms with E-state index in [1.165, 1.54) is 13.0 Å². The zero-order chi connectivity index (χ0) is 19.4. The SMILES string of the molecule is CCCOc1ccc2cc(C(=O)Nc3cccc(C(C)=O)c3)c(=O)oc2c1. The van der Waals surface area contributed by atoms with Gasteiger partial charge in [-0.15, -0.1) is 0 Å². The molecule has 0 unspecified atom stereocenters. The Bertz CT molecular complexity index is 1070. The van der Waals surface area contributed by atoms with Crippen molar-refractivity contribution in [3.05, 3.63) is 70.1 Å². The third kappa shape index (κ3) is 4.23. The largest absolute Gasteiger partial charge is 0.493 e. The first-order valence-corrected chi connectivity index (χ1v) is 8.61. The topological polar surface area (TPSA) is 85.6 Å². The predicted molar refractivity (Wildman–Crippen MR) is 103 cm³/mol. The van der Waals surface area contributed by atoms with Gasteiger partial charge < -0.3 is 14.5 Å². The lowest BCUT2D eigenvalue weighted by molar-refractivity contribution is 0.100. The van der Waals surface area contributed by atoms with E-state index in [1.807, 2.05) is 6.92 Å². The number of ether oxygens (including phenoxy) is 1. The molecule has 0 aliphatic rings. The van der Waals surface area contributed by atoms with Crippen molar-refractivity contribution in [1.82, 2.24) is 0 Å². The average Bonchev–Trinajstić information content (AvgIpc) is 2.65. The van der Waals surface area contributed by atoms with Crippen molar-refractivity contribution >= 4 is 28.3 Å². The van der Waals surface area contributed by atoms with Crippen molar-refractivity contribution in [3.8, 4) is 5.75 Å². The van der Waals surface area contributed by atoms with Gasteiger partial charge in [0.05, 0.1) is 6.61 Å². The van der Waals surface area contributed by atoms with Gasteiger partial charge in [0.25, 0.3) is 5.91 Å². The fourth-order valence-electron chi connectivity index (χ4n) is 2.57. The van der Waals surface area contributed by atoms with Gasteiger partial charge in [-0.05, 0) is 43.7 Å². The highest BCUT2D eigenvalue weighted by molar-refractivity contribution is 6.06. The quantitative estimate of drug-likeness (QED) is 0.526. The Morgan fingerprint density at radius 3 is 2.67 bits per heavy atom. The first kappa shape index (κ1) is 18.4. The molecule has 1 amide bonds. The van der Waals surface area contributed by atoms with E-state index in [0.717, 1.165) is 6.42 Å². The molecule has 27 heavy (non-hydrogen) atoms. The van der Waals surface area contributed by atoms with Crippen LogP contribution in [0.25, 0.3) is 11.0 Å². The highest BCUT2D eigenvalue weighted by Gasteiger charge is 2.15. The number of anilines is 1. The number of hydrogen-bond donors (Lipinski definition) is 1. The lowest BCUT2D eigenvalue weighted by Gasteiger charge is -2.08. The normalized spacial score (nSPS) is 10.6. The minimum atomic E-state index is -0.740. The number of carbonyl (C=O) groups excluding carboxylic acids is 2. The first-order chi connectivity index (χ1) is 13.0. The second kappa shape index (κ2) is 7.86. The number of ketones is 1. The minimum absolute atomic E-state index is 0.113. The number of fused-ring (bicyclic) bond motifs is 1. The van der Waals surface area contributed by atoms with Crippen LogP contribution in [0.15, 0.2) is 57.7 Å². The molecule has 3 aromatic rings. The van der Waals surface area contributed by atoms with Gasteiger partial charge >= 0.3 is 5.63 Å². The lowest BCUT2D eigenvalue weighted by Crippen LogP contribution is -2.20. The van der Waals surface area contributed by atoms with Crippen LogP contribution in [0, 0.1) is 0 Å². The number of Topliss-reactive ketones (excluding diaryl/α,β-unsaturated/α-hetero) is 1. The summed E-state index contributed by atoms with van der Waals surface area (Å²) in [6.45, 7) is 4.01. The second-order valence-corrected chi connectivity index (χ2v) is 6.09. The summed E-state index contributed by atoms with van der Waals surface area (Å²) in [4.78, 5) is 36.2. The maximum Gasteiger partial charge on any atom is 0.349 e. The van der Waals surface area contributed by atoms with Crippen LogP contribution in [-0.2, 0) is 0 Å². The standard InChI is InChI=1S/C21H19NO5/c1-3-9-26-17-8-7-15-11-18(21(25)27-19(15)12-17)20(24)22-16-6-4-5-14(10-16)13(2)23/h4-8,10-12H,3,9H2,1-2H3,(H,22,24). The Morgan fingerprint density at radius 2 is 1.93 bits per heavy atom. The third-order valence-electron chi connectivity index (χ3n) is 3.95. The fourth-order valence-corrected chi connectivity index (χ4v) is 2.57. The molecule has 138 valence electrons. The molecular weight excluding hydrogens is 346 g/mol. The minimum Gasteiger partial charge on any atom is -0.493 e. The molecule has 1 heterocycles. The summed E-state index contributed by atoms with van der Waals surface area (Å²) in [6, 6.07) is 13.1. The van der Waals surface area contributed by atoms with E-state index < -0.39 is 11.5 Å². The summed E-state index contributed by atoms with van der Waals surface area (Å²) >= 11 is 0. The van der Waals surface area contributed by atoms with Gasteiger partial charge in [0.1, 0.15) is 16.9 Å². The summed E-state index contributed by atoms with van der Waals surface area (Å²) < 4.78 is 10.8. The third-order valence-corrected chi connectivity index (χ3v) is 3.95. The van der Waals surface area contributed by atoms with Crippen molar-refractivity contribution in [2.75, 3.05) is 11.9 Å². The van der Waals surface area contributed by atoms with E-state index in [1.54, 1.807) is 42.5 Å². The molecule has 0 fully saturated rings. The Kier molecular flexibility index (Phi) is 5.35. The van der Waals surface area contributed by atoms with Gasteiger partial charge in [0.2, 0.25) is 0 Å². The van der Waals surface area contributed by atoms with E-state index in [0.29, 0.717) is 34.6 Å². The summed E-state index contributed by atoms with van der Waals surface area (Å²) in [5.74, 6) is -0.110. The molecule has 1 aromatic heterocycles. The van der Waals surface area contributed by atoms with Crippen LogP contribution in [0.1, 0.15) is 41.0 Å². The zero-order valence-corrected chi connectivity index (χ0v) is 15.1. The number of amides is 1. The molecule has 0 saturated carbocycles. The maximum atomic E-state index is 12.5. The molecule has 3 rings (SSSR count). The molecule has 0 aliphatic carbocycles. The average molecular weight is 365 g/mol. The van der Waals surface area contributed by atoms with Gasteiger partial charge in [0.15, 0.2) is 5.78 Å². The van der Waals surface area contributed by atoms with Crippen molar-refractivity contribution in [2.45, 2.75) is 20.3 Å². The molecule has 0 aliphatic heterocycles. The van der Waals surface area contributed by atoms with Gasteiger partial charge in [-0.2, -0.15) is 0 Å². The van der Waals surface area contributed by atoms with Gasteiger partial charge in [-0.1, -0.05) is 19.1 Å². The molecule has 0 atom stereocenters. The number of carbonyl (C=O) groups is 2. The highest BCUT2D eigenvalue weighted by Crippen LogP contribution is 2.21. The number of nitrogens with one attached hydrogen (secondary N) is 1. The Hall–Kier alpha value is -3.41. The van der Waals surface area contributed by atoms with Crippen LogP contribution in [0.4, 0.5) is 5.69 Å². The van der Waals surface area contributed by atoms with Crippen molar-refractivity contribution in [2.24, 2.45) is 0 Å². The molecule has 2 aromatic carbocycles. The summed E-state index contributed by atoms with van der Waals surface area (Å²) in [7, 11) is 0. The van der Waals surface area contributed by atoms with Crippen LogP contribution in [-0.4, -0.2) is 18.3 Å². The van der Waals surface area contributed by atoms with E-state index >= 15 is 0 Å². The summed E-state index contributed by atoms with van der Waals surface area (Å²) in [5, 5.41) is 3.23. The molecule has 0 spiro atoms. The number of rotatable bonds is 6. The Morgan fingerprint density at radius 1 is 1.11 bits per heavy atom. The van der Waals surface area contributed by atoms with Gasteiger partial charge in [0, 0.05) is 22.7 Å². The van der Waals surface area contributed by atoms with Crippen molar-refractivity contribution in [3.63, 3.8) is 0 Å². The molecule has 6 nitrogen and oxygen atoms in total. The molecule has 0 saturated heterocycles. The summed E-state index contributed by atoms with van der Waals surface area (Å²) in [6.07, 6.45) is 0.867. The number of benzene rings is 2. The van der Waals surface area contributed by atoms with Gasteiger partial charge in [-0.3, -0.25) is 9.59 Å². The highest BCUT2D eigenvalue weighted by atomic mass is 16.5. The predicted octanol–water partition coefficient (Wildman–Crippen LogP) is 4.04. The summed E-state index contributed by atoms with van der Waals surface area (Å²) in [5.41, 5.74) is 0.394. The monoisotopic (exact) mass is 365 g/mol. The molecule has 0 radical (unpaired) electrons. The van der Waals surface area contributed by atoms with Crippen LogP contribution in [0.2, 0.25) is 0 Å². The van der Waals surface area contributed by atoms with E-state index in [-0.39, 0.29) is 11.3 Å². The molecular formula is C21H19NO5. The van der Waals surface area contributed by atoms with E-state index in [4.69, 9.17) is 9.15 Å². The molecule has 0 bridgehead atoms. The van der Waals surface area contributed by atoms with Crippen molar-refractivity contribution < 1.29 is 18.7 Å². The van der Waals surface area contributed by atoms with E-state index in [2.05, 4.69) is 5.32 Å². The second-order valence-electron chi connectivity index (χ2n) is 6.09. The number of hydrogen-bond acceptors (Lipinski definition) is 5. The molecule has 1 N–H and O–H groups in total. The lowest BCUT2D eigenvalue weighted by atomic mass is 10.1. The fraction of sp³-hybridized carbons (Fsp3) is 0.190. The first-order valence-electron chi connectivity index (χ1n) is 8.61. The van der Waals surface area contributed by atoms with E-state index in [9.17, 15) is 14.4 Å². The Labute approximate surface area is 155 Å². The maximum absolute atomic E-state index is 12.5.